The lowest BCUT2D eigenvalue weighted by Crippen LogP contribution is -2.16. The van der Waals surface area contributed by atoms with Crippen molar-refractivity contribution in [2.75, 3.05) is 4.72 Å². The van der Waals surface area contributed by atoms with E-state index in [4.69, 9.17) is 21.4 Å². The van der Waals surface area contributed by atoms with E-state index in [9.17, 15) is 26.4 Å². The molecule has 1 heterocycles. The fraction of sp³-hybridized carbons (Fsp3) is 0.100. The highest BCUT2D eigenvalue weighted by Crippen LogP contribution is 2.37. The molecule has 0 amide bonds. The number of carboxylic acids is 1. The summed E-state index contributed by atoms with van der Waals surface area (Å²) in [5.41, 5.74) is -0.864. The molecule has 0 spiro atoms. The number of carbonyl (C=O) groups is 1. The lowest BCUT2D eigenvalue weighted by atomic mass is 10.2. The van der Waals surface area contributed by atoms with E-state index in [0.29, 0.717) is 11.6 Å². The molecular formula is C20H14ClF3N2O5S. The minimum absolute atomic E-state index is 0.0124. The molecular weight excluding hydrogens is 473 g/mol. The molecule has 3 rings (SSSR count). The zero-order valence-corrected chi connectivity index (χ0v) is 17.7. The van der Waals surface area contributed by atoms with Gasteiger partial charge in [-0.1, -0.05) is 11.6 Å². The fourth-order valence-corrected chi connectivity index (χ4v) is 3.88. The van der Waals surface area contributed by atoms with Gasteiger partial charge in [-0.3, -0.25) is 4.72 Å². The monoisotopic (exact) mass is 486 g/mol. The maximum absolute atomic E-state index is 13.1. The summed E-state index contributed by atoms with van der Waals surface area (Å²) in [6.07, 6.45) is -3.45. The first-order valence-electron chi connectivity index (χ1n) is 8.74. The summed E-state index contributed by atoms with van der Waals surface area (Å²) in [6, 6.07) is 8.84. The number of hydrogen-bond donors (Lipinski definition) is 2. The number of benzene rings is 2. The minimum Gasteiger partial charge on any atom is -0.478 e. The molecule has 0 aliphatic heterocycles. The van der Waals surface area contributed by atoms with Crippen LogP contribution < -0.4 is 9.46 Å². The van der Waals surface area contributed by atoms with Gasteiger partial charge in [-0.2, -0.15) is 13.2 Å². The number of anilines is 1. The van der Waals surface area contributed by atoms with Crippen molar-refractivity contribution in [3.63, 3.8) is 0 Å². The quantitative estimate of drug-likeness (QED) is 0.486. The second kappa shape index (κ2) is 8.67. The molecule has 7 nitrogen and oxygen atoms in total. The van der Waals surface area contributed by atoms with E-state index in [1.54, 1.807) is 6.92 Å². The minimum atomic E-state index is -4.84. The topological polar surface area (TPSA) is 106 Å². The number of hydrogen-bond acceptors (Lipinski definition) is 5. The van der Waals surface area contributed by atoms with Crippen LogP contribution in [0.25, 0.3) is 0 Å². The van der Waals surface area contributed by atoms with Crippen LogP contribution in [0.5, 0.6) is 11.6 Å². The molecule has 0 fully saturated rings. The second-order valence-corrected chi connectivity index (χ2v) is 8.63. The van der Waals surface area contributed by atoms with E-state index in [0.717, 1.165) is 12.1 Å². The Labute approximate surface area is 185 Å². The second-order valence-electron chi connectivity index (χ2n) is 6.54. The molecule has 0 radical (unpaired) electrons. The smallest absolute Gasteiger partial charge is 0.417 e. The first-order valence-corrected chi connectivity index (χ1v) is 10.6. The van der Waals surface area contributed by atoms with E-state index in [1.807, 2.05) is 0 Å². The van der Waals surface area contributed by atoms with E-state index >= 15 is 0 Å². The number of sulfonamides is 1. The first-order chi connectivity index (χ1) is 14.9. The number of alkyl halides is 3. The van der Waals surface area contributed by atoms with Crippen molar-refractivity contribution in [3.8, 4) is 11.6 Å². The summed E-state index contributed by atoms with van der Waals surface area (Å²) < 4.78 is 72.6. The van der Waals surface area contributed by atoms with Crippen LogP contribution in [-0.2, 0) is 16.2 Å². The Hall–Kier alpha value is -3.31. The summed E-state index contributed by atoms with van der Waals surface area (Å²) >= 11 is 5.56. The van der Waals surface area contributed by atoms with E-state index < -0.39 is 37.7 Å². The van der Waals surface area contributed by atoms with Crippen LogP contribution in [0.15, 0.2) is 59.6 Å². The molecule has 1 aromatic heterocycles. The standard InChI is InChI=1S/C20H14ClF3N2O5S/c1-11-8-17(18(25-10-11)31-13-4-2-12(3-5-13)19(27)28)26-32(29,30)14-6-7-16(21)15(9-14)20(22,23)24/h2-10,26H,1H3,(H,27,28). The van der Waals surface area contributed by atoms with E-state index in [1.165, 1.54) is 36.5 Å². The molecule has 0 aliphatic carbocycles. The van der Waals surface area contributed by atoms with Crippen LogP contribution in [0.2, 0.25) is 5.02 Å². The van der Waals surface area contributed by atoms with Gasteiger partial charge in [0.2, 0.25) is 5.88 Å². The highest BCUT2D eigenvalue weighted by Gasteiger charge is 2.34. The maximum atomic E-state index is 13.1. The predicted molar refractivity (Wildman–Crippen MR) is 110 cm³/mol. The van der Waals surface area contributed by atoms with Crippen molar-refractivity contribution < 1.29 is 36.2 Å². The van der Waals surface area contributed by atoms with E-state index in [-0.39, 0.29) is 22.9 Å². The first kappa shape index (κ1) is 23.4. The molecule has 0 atom stereocenters. The van der Waals surface area contributed by atoms with Crippen LogP contribution in [0.4, 0.5) is 18.9 Å². The van der Waals surface area contributed by atoms with Gasteiger partial charge < -0.3 is 9.84 Å². The van der Waals surface area contributed by atoms with Gasteiger partial charge >= 0.3 is 12.1 Å². The number of nitrogens with zero attached hydrogens (tertiary/aromatic N) is 1. The number of ether oxygens (including phenoxy) is 1. The summed E-state index contributed by atoms with van der Waals surface area (Å²) in [5.74, 6) is -1.16. The van der Waals surface area contributed by atoms with Gasteiger partial charge in [-0.25, -0.2) is 18.2 Å². The normalized spacial score (nSPS) is 11.8. The van der Waals surface area contributed by atoms with Crippen LogP contribution in [0.3, 0.4) is 0 Å². The Morgan fingerprint density at radius 3 is 2.38 bits per heavy atom. The third-order valence-corrected chi connectivity index (χ3v) is 5.79. The average Bonchev–Trinajstić information content (AvgIpc) is 2.69. The van der Waals surface area contributed by atoms with Gasteiger partial charge in [-0.15, -0.1) is 0 Å². The number of aryl methyl sites for hydroxylation is 1. The highest BCUT2D eigenvalue weighted by atomic mass is 35.5. The van der Waals surface area contributed by atoms with Gasteiger partial charge in [0.1, 0.15) is 11.4 Å². The lowest BCUT2D eigenvalue weighted by molar-refractivity contribution is -0.137. The predicted octanol–water partition coefficient (Wildman–Crippen LogP) is 5.35. The van der Waals surface area contributed by atoms with Crippen molar-refractivity contribution in [1.29, 1.82) is 0 Å². The molecule has 2 aromatic carbocycles. The van der Waals surface area contributed by atoms with Crippen molar-refractivity contribution in [2.24, 2.45) is 0 Å². The van der Waals surface area contributed by atoms with Crippen molar-refractivity contribution >= 4 is 33.3 Å². The lowest BCUT2D eigenvalue weighted by Gasteiger charge is -2.15. The van der Waals surface area contributed by atoms with Crippen LogP contribution >= 0.6 is 11.6 Å². The molecule has 0 unspecified atom stereocenters. The molecule has 168 valence electrons. The number of rotatable bonds is 6. The summed E-state index contributed by atoms with van der Waals surface area (Å²) in [4.78, 5) is 14.3. The van der Waals surface area contributed by atoms with E-state index in [2.05, 4.69) is 9.71 Å². The zero-order valence-electron chi connectivity index (χ0n) is 16.1. The van der Waals surface area contributed by atoms with Gasteiger partial charge in [-0.05, 0) is 61.0 Å². The van der Waals surface area contributed by atoms with Crippen LogP contribution in [0, 0.1) is 6.92 Å². The number of aromatic nitrogens is 1. The average molecular weight is 487 g/mol. The molecule has 32 heavy (non-hydrogen) atoms. The van der Waals surface area contributed by atoms with Crippen molar-refractivity contribution in [1.82, 2.24) is 4.98 Å². The Kier molecular flexibility index (Phi) is 6.33. The Morgan fingerprint density at radius 2 is 1.78 bits per heavy atom. The summed E-state index contributed by atoms with van der Waals surface area (Å²) in [5, 5.41) is 8.32. The Balaban J connectivity index is 1.95. The van der Waals surface area contributed by atoms with Crippen LogP contribution in [0.1, 0.15) is 21.5 Å². The van der Waals surface area contributed by atoms with Crippen molar-refractivity contribution in [2.45, 2.75) is 18.0 Å². The molecule has 0 saturated carbocycles. The number of nitrogens with one attached hydrogen (secondary N) is 1. The molecule has 3 aromatic rings. The highest BCUT2D eigenvalue weighted by molar-refractivity contribution is 7.92. The van der Waals surface area contributed by atoms with Gasteiger partial charge in [0.15, 0.2) is 0 Å². The third-order valence-electron chi connectivity index (χ3n) is 4.10. The van der Waals surface area contributed by atoms with Gasteiger partial charge in [0.25, 0.3) is 10.0 Å². The molecule has 2 N–H and O–H groups in total. The maximum Gasteiger partial charge on any atom is 0.417 e. The van der Waals surface area contributed by atoms with Gasteiger partial charge in [0, 0.05) is 6.20 Å². The number of pyridine rings is 1. The Bertz CT molecular complexity index is 1280. The fourth-order valence-electron chi connectivity index (χ4n) is 2.58. The molecule has 12 heteroatoms. The molecule has 0 bridgehead atoms. The SMILES string of the molecule is Cc1cnc(Oc2ccc(C(=O)O)cc2)c(NS(=O)(=O)c2ccc(Cl)c(C(F)(F)F)c2)c1. The molecule has 0 saturated heterocycles. The number of carboxylic acid groups (broad SMARTS) is 1. The third kappa shape index (κ3) is 5.29. The zero-order chi connectivity index (χ0) is 23.7. The van der Waals surface area contributed by atoms with Crippen molar-refractivity contribution in [3.05, 3.63) is 76.4 Å². The Morgan fingerprint density at radius 1 is 1.12 bits per heavy atom. The molecule has 0 aliphatic rings. The van der Waals surface area contributed by atoms with Crippen LogP contribution in [-0.4, -0.2) is 24.5 Å². The van der Waals surface area contributed by atoms with Gasteiger partial charge in [0.05, 0.1) is 21.0 Å². The number of aromatic carboxylic acids is 1. The summed E-state index contributed by atoms with van der Waals surface area (Å²) in [7, 11) is -4.47. The summed E-state index contributed by atoms with van der Waals surface area (Å²) in [6.45, 7) is 1.63. The number of halogens is 4. The largest absolute Gasteiger partial charge is 0.478 e.